The van der Waals surface area contributed by atoms with E-state index in [9.17, 15) is 0 Å². The molecule has 1 saturated carbocycles. The molecule has 1 heterocycles. The van der Waals surface area contributed by atoms with Gasteiger partial charge >= 0.3 is 0 Å². The van der Waals surface area contributed by atoms with E-state index in [1.165, 1.54) is 54.7 Å². The number of aryl methyl sites for hydroxylation is 1. The molecular weight excluding hydrogens is 250 g/mol. The van der Waals surface area contributed by atoms with E-state index in [1.54, 1.807) is 0 Å². The van der Waals surface area contributed by atoms with Crippen LogP contribution in [0.25, 0.3) is 0 Å². The van der Waals surface area contributed by atoms with Crippen LogP contribution in [-0.2, 0) is 6.42 Å². The third kappa shape index (κ3) is 4.06. The minimum Gasteiger partial charge on any atom is -0.323 e. The first kappa shape index (κ1) is 15.1. The summed E-state index contributed by atoms with van der Waals surface area (Å²) in [7, 11) is 0. The molecule has 1 nitrogen and oxygen atoms in total. The van der Waals surface area contributed by atoms with Crippen LogP contribution in [0.1, 0.15) is 74.6 Å². The van der Waals surface area contributed by atoms with E-state index in [4.69, 9.17) is 5.73 Å². The predicted octanol–water partition coefficient (Wildman–Crippen LogP) is 5.31. The maximum Gasteiger partial charge on any atom is 0.0418 e. The van der Waals surface area contributed by atoms with Crippen LogP contribution in [0.15, 0.2) is 12.1 Å². The Morgan fingerprint density at radius 2 is 1.95 bits per heavy atom. The van der Waals surface area contributed by atoms with E-state index in [1.807, 2.05) is 11.3 Å². The molecule has 1 fully saturated rings. The number of rotatable bonds is 6. The van der Waals surface area contributed by atoms with Gasteiger partial charge in [-0.2, -0.15) is 0 Å². The highest BCUT2D eigenvalue weighted by atomic mass is 32.1. The van der Waals surface area contributed by atoms with Crippen molar-refractivity contribution < 1.29 is 0 Å². The third-order valence-electron chi connectivity index (χ3n) is 4.72. The molecule has 0 aliphatic heterocycles. The maximum absolute atomic E-state index is 6.49. The lowest BCUT2D eigenvalue weighted by Gasteiger charge is -2.31. The van der Waals surface area contributed by atoms with E-state index in [-0.39, 0.29) is 6.04 Å². The van der Waals surface area contributed by atoms with Crippen molar-refractivity contribution >= 4 is 11.3 Å². The van der Waals surface area contributed by atoms with Crippen molar-refractivity contribution in [1.82, 2.24) is 0 Å². The summed E-state index contributed by atoms with van der Waals surface area (Å²) in [5.74, 6) is 1.71. The second-order valence-corrected chi connectivity index (χ2v) is 7.31. The third-order valence-corrected chi connectivity index (χ3v) is 6.06. The van der Waals surface area contributed by atoms with Crippen molar-refractivity contribution in [3.05, 3.63) is 21.9 Å². The van der Waals surface area contributed by atoms with Gasteiger partial charge in [0.15, 0.2) is 0 Å². The Labute approximate surface area is 122 Å². The Morgan fingerprint density at radius 3 is 2.53 bits per heavy atom. The summed E-state index contributed by atoms with van der Waals surface area (Å²) in [6.45, 7) is 4.52. The van der Waals surface area contributed by atoms with Crippen LogP contribution in [0, 0.1) is 11.8 Å². The number of thiophene rings is 1. The van der Waals surface area contributed by atoms with Gasteiger partial charge in [0, 0.05) is 15.8 Å². The average molecular weight is 279 g/mol. The smallest absolute Gasteiger partial charge is 0.0418 e. The Balaban J connectivity index is 1.83. The van der Waals surface area contributed by atoms with Crippen molar-refractivity contribution in [3.63, 3.8) is 0 Å². The molecular formula is C17H29NS. The average Bonchev–Trinajstić information content (AvgIpc) is 2.94. The van der Waals surface area contributed by atoms with E-state index >= 15 is 0 Å². The fourth-order valence-electron chi connectivity index (χ4n) is 3.32. The first-order valence-electron chi connectivity index (χ1n) is 8.08. The van der Waals surface area contributed by atoms with E-state index in [0.29, 0.717) is 0 Å². The van der Waals surface area contributed by atoms with Gasteiger partial charge in [-0.1, -0.05) is 46.0 Å². The fraction of sp³-hybridized carbons (Fsp3) is 0.765. The van der Waals surface area contributed by atoms with Crippen molar-refractivity contribution in [3.8, 4) is 0 Å². The first-order valence-corrected chi connectivity index (χ1v) is 8.90. The molecule has 19 heavy (non-hydrogen) atoms. The van der Waals surface area contributed by atoms with Crippen LogP contribution in [0.5, 0.6) is 0 Å². The normalized spacial score (nSPS) is 25.4. The van der Waals surface area contributed by atoms with Crippen LogP contribution in [0.4, 0.5) is 0 Å². The van der Waals surface area contributed by atoms with Crippen molar-refractivity contribution in [2.24, 2.45) is 17.6 Å². The maximum atomic E-state index is 6.49. The first-order chi connectivity index (χ1) is 9.24. The summed E-state index contributed by atoms with van der Waals surface area (Å²) in [6, 6.07) is 4.81. The summed E-state index contributed by atoms with van der Waals surface area (Å²) >= 11 is 1.92. The highest BCUT2D eigenvalue weighted by molar-refractivity contribution is 7.12. The molecule has 108 valence electrons. The number of nitrogens with two attached hydrogens (primary N) is 1. The lowest BCUT2D eigenvalue weighted by molar-refractivity contribution is 0.234. The molecule has 1 unspecified atom stereocenters. The molecule has 0 radical (unpaired) electrons. The van der Waals surface area contributed by atoms with Crippen LogP contribution < -0.4 is 5.73 Å². The SMILES string of the molecule is CCCCC1CCC(C(N)c2ccc(CC)s2)CC1. The minimum atomic E-state index is 0.289. The Hall–Kier alpha value is -0.340. The van der Waals surface area contributed by atoms with Crippen molar-refractivity contribution in [2.75, 3.05) is 0 Å². The van der Waals surface area contributed by atoms with Crippen LogP contribution in [0.3, 0.4) is 0 Å². The van der Waals surface area contributed by atoms with Gasteiger partial charge in [-0.05, 0) is 43.2 Å². The molecule has 2 heteroatoms. The lowest BCUT2D eigenvalue weighted by Crippen LogP contribution is -2.25. The monoisotopic (exact) mass is 279 g/mol. The van der Waals surface area contributed by atoms with Crippen molar-refractivity contribution in [1.29, 1.82) is 0 Å². The van der Waals surface area contributed by atoms with Crippen LogP contribution >= 0.6 is 11.3 Å². The van der Waals surface area contributed by atoms with Gasteiger partial charge in [0.1, 0.15) is 0 Å². The zero-order valence-electron chi connectivity index (χ0n) is 12.5. The summed E-state index contributed by atoms with van der Waals surface area (Å²) in [5, 5.41) is 0. The van der Waals surface area contributed by atoms with Gasteiger partial charge in [0.2, 0.25) is 0 Å². The van der Waals surface area contributed by atoms with Gasteiger partial charge in [0.25, 0.3) is 0 Å². The number of unbranched alkanes of at least 4 members (excludes halogenated alkanes) is 1. The molecule has 0 aromatic carbocycles. The molecule has 1 atom stereocenters. The Morgan fingerprint density at radius 1 is 1.21 bits per heavy atom. The van der Waals surface area contributed by atoms with E-state index in [2.05, 4.69) is 26.0 Å². The molecule has 0 saturated heterocycles. The predicted molar refractivity (Wildman–Crippen MR) is 85.6 cm³/mol. The quantitative estimate of drug-likeness (QED) is 0.750. The Bertz CT molecular complexity index is 363. The second kappa shape index (κ2) is 7.44. The highest BCUT2D eigenvalue weighted by Crippen LogP contribution is 2.39. The Kier molecular flexibility index (Phi) is 5.90. The molecule has 0 bridgehead atoms. The molecule has 1 aliphatic carbocycles. The number of hydrogen-bond donors (Lipinski definition) is 1. The molecule has 2 N–H and O–H groups in total. The van der Waals surface area contributed by atoms with Gasteiger partial charge in [0.05, 0.1) is 0 Å². The van der Waals surface area contributed by atoms with E-state index < -0.39 is 0 Å². The van der Waals surface area contributed by atoms with Gasteiger partial charge in [-0.25, -0.2) is 0 Å². The van der Waals surface area contributed by atoms with Crippen LogP contribution in [0.2, 0.25) is 0 Å². The molecule has 0 amide bonds. The summed E-state index contributed by atoms with van der Waals surface area (Å²) in [4.78, 5) is 2.89. The topological polar surface area (TPSA) is 26.0 Å². The molecule has 1 aromatic rings. The van der Waals surface area contributed by atoms with Gasteiger partial charge in [-0.3, -0.25) is 0 Å². The second-order valence-electron chi connectivity index (χ2n) is 6.11. The molecule has 0 spiro atoms. The van der Waals surface area contributed by atoms with Crippen molar-refractivity contribution in [2.45, 2.75) is 71.3 Å². The van der Waals surface area contributed by atoms with E-state index in [0.717, 1.165) is 18.3 Å². The zero-order valence-corrected chi connectivity index (χ0v) is 13.3. The van der Waals surface area contributed by atoms with Crippen LogP contribution in [-0.4, -0.2) is 0 Å². The van der Waals surface area contributed by atoms with Gasteiger partial charge < -0.3 is 5.73 Å². The standard InChI is InChI=1S/C17H29NS/c1-3-5-6-13-7-9-14(10-8-13)17(18)16-12-11-15(4-2)19-16/h11-14,17H,3-10,18H2,1-2H3. The lowest BCUT2D eigenvalue weighted by atomic mass is 9.77. The summed E-state index contributed by atoms with van der Waals surface area (Å²) in [6.07, 6.45) is 10.8. The minimum absolute atomic E-state index is 0.289. The number of hydrogen-bond acceptors (Lipinski definition) is 2. The molecule has 1 aromatic heterocycles. The molecule has 2 rings (SSSR count). The largest absolute Gasteiger partial charge is 0.323 e. The fourth-order valence-corrected chi connectivity index (χ4v) is 4.37. The summed E-state index contributed by atoms with van der Waals surface area (Å²) < 4.78 is 0. The highest BCUT2D eigenvalue weighted by Gasteiger charge is 2.26. The molecule has 1 aliphatic rings. The van der Waals surface area contributed by atoms with Gasteiger partial charge in [-0.15, -0.1) is 11.3 Å². The zero-order chi connectivity index (χ0) is 13.7. The summed E-state index contributed by atoms with van der Waals surface area (Å²) in [5.41, 5.74) is 6.49.